The quantitative estimate of drug-likeness (QED) is 0.357. The molecule has 2 aliphatic heterocycles. The number of carbonyl (C=O) groups is 4. The number of allylic oxidation sites excluding steroid dienone is 2. The second-order valence-electron chi connectivity index (χ2n) is 14.6. The molecule has 2 saturated carbocycles. The summed E-state index contributed by atoms with van der Waals surface area (Å²) in [6.07, 6.45) is 6.20. The Morgan fingerprint density at radius 3 is 2.45 bits per heavy atom. The lowest BCUT2D eigenvalue weighted by molar-refractivity contribution is -0.160. The normalized spacial score (nSPS) is 36.1. The molecule has 236 valence electrons. The molecule has 10 nitrogen and oxygen atoms in total. The van der Waals surface area contributed by atoms with Crippen LogP contribution >= 0.6 is 0 Å². The van der Waals surface area contributed by atoms with Crippen LogP contribution in [0.3, 0.4) is 0 Å². The standard InChI is InChI=1S/C31H48N2O8S/c1-19-9-7-8-10-21-16-31(21,28(38)32-42(39,40)30(6)11-12-30)17-25(35)24-14-22(34)18-33(24)27(37)23(20(2)13-19)15-26(36)41-29(3,4)5/h8,10,19-24,34H,7,9,11-18H2,1-6H3,(H,32,38)/b10-8-/t19?,20-,21-,22-,23+,24+,31-/m1/s1. The van der Waals surface area contributed by atoms with Crippen molar-refractivity contribution in [1.29, 1.82) is 0 Å². The number of nitrogens with zero attached hydrogens (tertiary/aromatic N) is 1. The van der Waals surface area contributed by atoms with E-state index in [0.717, 1.165) is 12.8 Å². The number of aliphatic hydroxyl groups excluding tert-OH is 1. The summed E-state index contributed by atoms with van der Waals surface area (Å²) in [6, 6.07) is -0.962. The number of esters is 1. The number of aliphatic hydroxyl groups is 1. The molecule has 11 heteroatoms. The van der Waals surface area contributed by atoms with Crippen LogP contribution in [-0.2, 0) is 33.9 Å². The molecule has 0 spiro atoms. The molecule has 2 heterocycles. The minimum atomic E-state index is -3.89. The van der Waals surface area contributed by atoms with Crippen molar-refractivity contribution in [1.82, 2.24) is 9.62 Å². The molecule has 42 heavy (non-hydrogen) atoms. The van der Waals surface area contributed by atoms with Crippen molar-refractivity contribution in [2.45, 2.75) is 122 Å². The Bertz CT molecular complexity index is 1230. The van der Waals surface area contributed by atoms with E-state index in [9.17, 15) is 32.7 Å². The fourth-order valence-electron chi connectivity index (χ4n) is 6.58. The molecule has 7 atom stereocenters. The Morgan fingerprint density at radius 1 is 1.17 bits per heavy atom. The van der Waals surface area contributed by atoms with Gasteiger partial charge in [0.05, 0.1) is 34.6 Å². The third-order valence-corrected chi connectivity index (χ3v) is 11.8. The molecule has 0 bridgehead atoms. The predicted molar refractivity (Wildman–Crippen MR) is 156 cm³/mol. The van der Waals surface area contributed by atoms with E-state index < -0.39 is 55.7 Å². The van der Waals surface area contributed by atoms with Gasteiger partial charge in [-0.25, -0.2) is 8.42 Å². The van der Waals surface area contributed by atoms with Gasteiger partial charge in [0.2, 0.25) is 21.8 Å². The molecule has 2 N–H and O–H groups in total. The van der Waals surface area contributed by atoms with E-state index in [4.69, 9.17) is 4.74 Å². The van der Waals surface area contributed by atoms with Gasteiger partial charge < -0.3 is 14.7 Å². The molecule has 0 aromatic carbocycles. The summed E-state index contributed by atoms with van der Waals surface area (Å²) in [5.74, 6) is -2.90. The first-order valence-electron chi connectivity index (χ1n) is 15.3. The van der Waals surface area contributed by atoms with Crippen molar-refractivity contribution in [3.63, 3.8) is 0 Å². The van der Waals surface area contributed by atoms with Crippen molar-refractivity contribution in [2.75, 3.05) is 6.54 Å². The summed E-state index contributed by atoms with van der Waals surface area (Å²) in [7, 11) is -3.89. The third kappa shape index (κ3) is 7.09. The average molecular weight is 609 g/mol. The van der Waals surface area contributed by atoms with Gasteiger partial charge in [-0.3, -0.25) is 23.9 Å². The predicted octanol–water partition coefficient (Wildman–Crippen LogP) is 3.27. The number of fused-ring (bicyclic) bond motifs is 2. The first-order valence-corrected chi connectivity index (χ1v) is 16.8. The van der Waals surface area contributed by atoms with Crippen LogP contribution in [0.2, 0.25) is 0 Å². The van der Waals surface area contributed by atoms with Gasteiger partial charge in [-0.15, -0.1) is 0 Å². The van der Waals surface area contributed by atoms with Crippen LogP contribution in [0.1, 0.15) is 99.3 Å². The van der Waals surface area contributed by atoms with Crippen LogP contribution < -0.4 is 4.72 Å². The Kier molecular flexibility index (Phi) is 9.07. The second kappa shape index (κ2) is 11.7. The van der Waals surface area contributed by atoms with Gasteiger partial charge in [-0.2, -0.15) is 0 Å². The molecule has 3 fully saturated rings. The molecule has 2 amide bonds. The van der Waals surface area contributed by atoms with Gasteiger partial charge in [0.25, 0.3) is 0 Å². The fraction of sp³-hybridized carbons (Fsp3) is 0.806. The number of amides is 2. The van der Waals surface area contributed by atoms with Gasteiger partial charge >= 0.3 is 5.97 Å². The van der Waals surface area contributed by atoms with E-state index in [1.807, 2.05) is 19.1 Å². The lowest BCUT2D eigenvalue weighted by Gasteiger charge is -2.32. The van der Waals surface area contributed by atoms with Crippen LogP contribution in [0, 0.1) is 29.1 Å². The van der Waals surface area contributed by atoms with E-state index >= 15 is 0 Å². The SMILES string of the molecule is CC1CC/C=C\[C@@H]2C[C@@]2(C(=O)NS(=O)(=O)C2(C)CC2)CC(=O)[C@@H]2C[C@@H](O)CN2C(=O)[C@@H](CC(=O)OC(C)(C)C)[C@H](C)C1. The number of rotatable bonds is 5. The summed E-state index contributed by atoms with van der Waals surface area (Å²) in [4.78, 5) is 55.7. The van der Waals surface area contributed by atoms with Gasteiger partial charge in [0.15, 0.2) is 5.78 Å². The molecule has 1 saturated heterocycles. The Balaban J connectivity index is 1.63. The molecule has 0 aromatic heterocycles. The fourth-order valence-corrected chi connectivity index (χ4v) is 7.91. The van der Waals surface area contributed by atoms with E-state index in [1.165, 1.54) is 4.90 Å². The highest BCUT2D eigenvalue weighted by atomic mass is 32.2. The van der Waals surface area contributed by atoms with Crippen LogP contribution in [0.4, 0.5) is 0 Å². The van der Waals surface area contributed by atoms with Crippen molar-refractivity contribution in [2.24, 2.45) is 29.1 Å². The zero-order valence-corrected chi connectivity index (χ0v) is 26.7. The van der Waals surface area contributed by atoms with Gasteiger partial charge in [-0.05, 0) is 84.0 Å². The zero-order valence-electron chi connectivity index (χ0n) is 25.9. The number of sulfonamides is 1. The maximum Gasteiger partial charge on any atom is 0.307 e. The van der Waals surface area contributed by atoms with E-state index in [0.29, 0.717) is 25.7 Å². The van der Waals surface area contributed by atoms with Crippen molar-refractivity contribution < 1.29 is 37.4 Å². The molecule has 0 aromatic rings. The summed E-state index contributed by atoms with van der Waals surface area (Å²) in [5, 5.41) is 10.6. The molecule has 0 radical (unpaired) electrons. The number of Topliss-reactive ketones (excluding diaryl/α,β-unsaturated/α-hetero) is 1. The number of carbonyl (C=O) groups excluding carboxylic acids is 4. The topological polar surface area (TPSA) is 147 Å². The smallest absolute Gasteiger partial charge is 0.307 e. The third-order valence-electron chi connectivity index (χ3n) is 9.62. The van der Waals surface area contributed by atoms with Gasteiger partial charge in [0.1, 0.15) is 5.60 Å². The largest absolute Gasteiger partial charge is 0.460 e. The minimum Gasteiger partial charge on any atom is -0.460 e. The maximum absolute atomic E-state index is 14.1. The summed E-state index contributed by atoms with van der Waals surface area (Å²) < 4.78 is 32.6. The van der Waals surface area contributed by atoms with Gasteiger partial charge in [0, 0.05) is 19.4 Å². The number of hydrogen-bond acceptors (Lipinski definition) is 8. The minimum absolute atomic E-state index is 0.0308. The molecular formula is C31H48N2O8S. The van der Waals surface area contributed by atoms with Crippen molar-refractivity contribution in [3.05, 3.63) is 12.2 Å². The van der Waals surface area contributed by atoms with E-state index in [2.05, 4.69) is 11.6 Å². The summed E-state index contributed by atoms with van der Waals surface area (Å²) in [6.45, 7) is 10.9. The second-order valence-corrected chi connectivity index (χ2v) is 16.8. The maximum atomic E-state index is 14.1. The van der Waals surface area contributed by atoms with Crippen molar-refractivity contribution >= 4 is 33.6 Å². The Hall–Kier alpha value is -2.27. The summed E-state index contributed by atoms with van der Waals surface area (Å²) >= 11 is 0. The first-order chi connectivity index (χ1) is 19.4. The first kappa shape index (κ1) is 32.6. The van der Waals surface area contributed by atoms with Crippen molar-refractivity contribution in [3.8, 4) is 0 Å². The van der Waals surface area contributed by atoms with E-state index in [-0.39, 0.29) is 55.3 Å². The molecular weight excluding hydrogens is 560 g/mol. The number of hydrogen-bond donors (Lipinski definition) is 2. The Morgan fingerprint density at radius 2 is 1.83 bits per heavy atom. The molecule has 4 aliphatic rings. The zero-order chi connectivity index (χ0) is 31.3. The number of ketones is 1. The molecule has 2 aliphatic carbocycles. The summed E-state index contributed by atoms with van der Waals surface area (Å²) in [5.41, 5.74) is -1.94. The number of ether oxygens (including phenoxy) is 1. The van der Waals surface area contributed by atoms with E-state index in [1.54, 1.807) is 27.7 Å². The monoisotopic (exact) mass is 608 g/mol. The van der Waals surface area contributed by atoms with Crippen LogP contribution in [0.25, 0.3) is 0 Å². The Labute approximate surface area is 250 Å². The highest BCUT2D eigenvalue weighted by Gasteiger charge is 2.62. The lowest BCUT2D eigenvalue weighted by atomic mass is 9.82. The average Bonchev–Trinajstić information content (AvgIpc) is 3.74. The van der Waals surface area contributed by atoms with Crippen LogP contribution in [0.5, 0.6) is 0 Å². The van der Waals surface area contributed by atoms with Crippen LogP contribution in [-0.4, -0.2) is 71.0 Å². The lowest BCUT2D eigenvalue weighted by Crippen LogP contribution is -2.48. The van der Waals surface area contributed by atoms with Crippen LogP contribution in [0.15, 0.2) is 12.2 Å². The molecule has 1 unspecified atom stereocenters. The molecule has 4 rings (SSSR count). The van der Waals surface area contributed by atoms with Gasteiger partial charge in [-0.1, -0.05) is 26.0 Å². The number of nitrogens with one attached hydrogen (secondary N) is 1. The highest BCUT2D eigenvalue weighted by molar-refractivity contribution is 7.91. The highest BCUT2D eigenvalue weighted by Crippen LogP contribution is 2.57.